The molecule has 0 aliphatic carbocycles. The van der Waals surface area contributed by atoms with E-state index in [1.54, 1.807) is 25.2 Å². The molecule has 12 heteroatoms. The third kappa shape index (κ3) is 6.85. The number of nitrogens with zero attached hydrogens (tertiary/aromatic N) is 4. The standard InChI is InChI=1S/C39H42N4O7.Ni/c1-10-23-19(3)27-17-30-24(11-2)20(4)34(42-30)26(13-12-16-44)35-21(5)25(14-15-31(45)48-7)36(43-35)33(39(47)50-9)37-32(38(46)49-8)22(6)28(41-37)18-29(23)40-27;/h11-13,16-18,21,25,44,46H,2,10,14-15H2,1,3-9H3;/q;+2/p-2/b16-12-,26-13+,29-18?,30-17?,36-33?,38-32+;/t21-,25-;/m0./s1. The minimum atomic E-state index is -0.771. The maximum Gasteiger partial charge on any atom is 2.00 e. The Bertz CT molecular complexity index is 2010. The topological polar surface area (TPSA) is 157 Å². The summed E-state index contributed by atoms with van der Waals surface area (Å²) in [6.45, 7) is 13.7. The molecule has 0 saturated carbocycles. The van der Waals surface area contributed by atoms with Crippen molar-refractivity contribution in [3.63, 3.8) is 0 Å². The van der Waals surface area contributed by atoms with Gasteiger partial charge in [-0.1, -0.05) is 38.7 Å². The first-order chi connectivity index (χ1) is 23.9. The van der Waals surface area contributed by atoms with Gasteiger partial charge in [0.15, 0.2) is 0 Å². The Hall–Kier alpha value is -5.09. The van der Waals surface area contributed by atoms with Crippen LogP contribution in [0.3, 0.4) is 0 Å². The van der Waals surface area contributed by atoms with Gasteiger partial charge in [0.1, 0.15) is 5.57 Å². The Morgan fingerprint density at radius 3 is 2.27 bits per heavy atom. The molecule has 5 aliphatic heterocycles. The zero-order chi connectivity index (χ0) is 36.4. The van der Waals surface area contributed by atoms with Crippen molar-refractivity contribution >= 4 is 34.8 Å². The number of esters is 2. The van der Waals surface area contributed by atoms with E-state index in [0.717, 1.165) is 22.3 Å². The Kier molecular flexibility index (Phi) is 12.0. The maximum absolute atomic E-state index is 13.9. The first-order valence-corrected chi connectivity index (χ1v) is 16.3. The number of allylic oxidation sites excluding steroid dienone is 12. The number of methoxy groups -OCH3 is 3. The third-order valence-electron chi connectivity index (χ3n) is 9.65. The first-order valence-electron chi connectivity index (χ1n) is 16.3. The molecule has 268 valence electrons. The summed E-state index contributed by atoms with van der Waals surface area (Å²) in [6.07, 6.45) is 10.1. The number of fused-ring (bicyclic) bond motifs is 4. The molecule has 0 spiro atoms. The summed E-state index contributed by atoms with van der Waals surface area (Å²) < 4.78 is 15.5. The van der Waals surface area contributed by atoms with Crippen LogP contribution in [-0.4, -0.2) is 56.1 Å². The second kappa shape index (κ2) is 15.9. The van der Waals surface area contributed by atoms with Crippen LogP contribution in [-0.2, 0) is 40.3 Å². The number of ether oxygens (including phenoxy) is 3. The molecular weight excluding hydrogens is 695 g/mol. The molecule has 5 aliphatic rings. The Morgan fingerprint density at radius 1 is 0.941 bits per heavy atom. The van der Waals surface area contributed by atoms with Crippen LogP contribution in [0.15, 0.2) is 137 Å². The monoisotopic (exact) mass is 734 g/mol. The molecule has 51 heavy (non-hydrogen) atoms. The molecule has 8 bridgehead atoms. The van der Waals surface area contributed by atoms with Crippen molar-refractivity contribution < 1.29 is 50.5 Å². The zero-order valence-corrected chi connectivity index (χ0v) is 30.9. The Balaban J connectivity index is 0.00000583. The van der Waals surface area contributed by atoms with Crippen LogP contribution in [0.5, 0.6) is 0 Å². The van der Waals surface area contributed by atoms with Crippen LogP contribution < -0.4 is 10.2 Å². The van der Waals surface area contributed by atoms with Crippen LogP contribution in [0.2, 0.25) is 0 Å². The summed E-state index contributed by atoms with van der Waals surface area (Å²) in [4.78, 5) is 46.4. The summed E-state index contributed by atoms with van der Waals surface area (Å²) in [5.41, 5.74) is 8.51. The van der Waals surface area contributed by atoms with Crippen molar-refractivity contribution in [2.24, 2.45) is 31.8 Å². The average molecular weight is 735 g/mol. The largest absolute Gasteiger partial charge is 2.00 e. The smallest absolute Gasteiger partial charge is 0.878 e. The van der Waals surface area contributed by atoms with E-state index in [0.29, 0.717) is 58.1 Å². The Labute approximate surface area is 308 Å². The van der Waals surface area contributed by atoms with Crippen molar-refractivity contribution in [1.82, 2.24) is 0 Å². The predicted octanol–water partition coefficient (Wildman–Crippen LogP) is 4.74. The van der Waals surface area contributed by atoms with E-state index in [1.165, 1.54) is 27.4 Å². The summed E-state index contributed by atoms with van der Waals surface area (Å²) in [5, 5.41) is 25.2. The van der Waals surface area contributed by atoms with Gasteiger partial charge in [-0.3, -0.25) is 9.79 Å². The number of hydrogen-bond donors (Lipinski definition) is 0. The van der Waals surface area contributed by atoms with E-state index in [1.807, 2.05) is 33.8 Å². The van der Waals surface area contributed by atoms with Gasteiger partial charge in [0.2, 0.25) is 0 Å². The minimum absolute atomic E-state index is 0. The molecule has 0 N–H and O–H groups in total. The number of carbonyl (C=O) groups excluding carboxylic acids is 2. The number of carbonyl (C=O) groups is 2. The van der Waals surface area contributed by atoms with E-state index >= 15 is 0 Å². The molecule has 5 rings (SSSR count). The summed E-state index contributed by atoms with van der Waals surface area (Å²) in [6, 6.07) is 0. The molecular formula is C39H40N4NiO7. The van der Waals surface area contributed by atoms with E-state index in [2.05, 4.69) is 6.58 Å². The van der Waals surface area contributed by atoms with Crippen LogP contribution in [0.4, 0.5) is 0 Å². The zero-order valence-electron chi connectivity index (χ0n) is 29.9. The minimum Gasteiger partial charge on any atom is -0.878 e. The van der Waals surface area contributed by atoms with Gasteiger partial charge < -0.3 is 24.4 Å². The van der Waals surface area contributed by atoms with Crippen molar-refractivity contribution in [3.8, 4) is 0 Å². The molecule has 5 heterocycles. The maximum atomic E-state index is 13.9. The quantitative estimate of drug-likeness (QED) is 0.198. The molecule has 2 atom stereocenters. The molecule has 0 aromatic carbocycles. The summed E-state index contributed by atoms with van der Waals surface area (Å²) >= 11 is 0. The number of rotatable bonds is 8. The second-order valence-electron chi connectivity index (χ2n) is 12.2. The average Bonchev–Trinajstić information content (AvgIpc) is 3.80. The Morgan fingerprint density at radius 2 is 1.67 bits per heavy atom. The first kappa shape index (κ1) is 38.7. The predicted molar refractivity (Wildman–Crippen MR) is 189 cm³/mol. The van der Waals surface area contributed by atoms with Crippen molar-refractivity contribution in [2.75, 3.05) is 21.3 Å². The fraction of sp³-hybridized carbons (Fsp3) is 0.333. The van der Waals surface area contributed by atoms with Crippen LogP contribution in [0.1, 0.15) is 53.9 Å². The van der Waals surface area contributed by atoms with Gasteiger partial charge in [-0.25, -0.2) is 19.8 Å². The molecule has 11 nitrogen and oxygen atoms in total. The summed E-state index contributed by atoms with van der Waals surface area (Å²) in [5.74, 6) is -2.83. The van der Waals surface area contributed by atoms with Crippen molar-refractivity contribution in [2.45, 2.75) is 53.9 Å². The molecule has 0 fully saturated rings. The summed E-state index contributed by atoms with van der Waals surface area (Å²) in [7, 11) is 3.81. The van der Waals surface area contributed by atoms with E-state index in [9.17, 15) is 19.8 Å². The fourth-order valence-electron chi connectivity index (χ4n) is 6.94. The van der Waals surface area contributed by atoms with Gasteiger partial charge in [-0.05, 0) is 75.2 Å². The molecule has 0 aromatic rings. The molecule has 0 radical (unpaired) electrons. The SMILES string of the molecule is C=CC1=C(C)C2=NC1=CC1=NC(=CC3=C(C)/C(=C(/[O-])OC)C(=N3)C(C(=O)OC)=C3N=C(/C2=C/C=C\[O-])[C@@H](C)[C@@H]3CCC(=O)OC)C(CC)=C1C.[Ni+2]. The van der Waals surface area contributed by atoms with Gasteiger partial charge >= 0.3 is 28.4 Å². The van der Waals surface area contributed by atoms with Crippen LogP contribution in [0.25, 0.3) is 0 Å². The fourth-order valence-corrected chi connectivity index (χ4v) is 6.94. The van der Waals surface area contributed by atoms with Crippen LogP contribution >= 0.6 is 0 Å². The molecule has 0 unspecified atom stereocenters. The van der Waals surface area contributed by atoms with Gasteiger partial charge in [0.05, 0.1) is 65.8 Å². The molecule has 0 saturated heterocycles. The molecule has 0 amide bonds. The van der Waals surface area contributed by atoms with Crippen molar-refractivity contribution in [1.29, 1.82) is 0 Å². The van der Waals surface area contributed by atoms with Crippen LogP contribution in [0, 0.1) is 11.8 Å². The van der Waals surface area contributed by atoms with E-state index in [-0.39, 0.29) is 51.9 Å². The van der Waals surface area contributed by atoms with Gasteiger partial charge in [-0.15, -0.1) is 6.26 Å². The van der Waals surface area contributed by atoms with E-state index < -0.39 is 29.7 Å². The normalized spacial score (nSPS) is 23.2. The van der Waals surface area contributed by atoms with Gasteiger partial charge in [0, 0.05) is 35.0 Å². The second-order valence-corrected chi connectivity index (χ2v) is 12.2. The van der Waals surface area contributed by atoms with E-state index in [4.69, 9.17) is 34.2 Å². The van der Waals surface area contributed by atoms with Gasteiger partial charge in [0.25, 0.3) is 0 Å². The third-order valence-corrected chi connectivity index (χ3v) is 9.65. The van der Waals surface area contributed by atoms with Gasteiger partial charge in [-0.2, -0.15) is 0 Å². The number of aliphatic imine (C=N–C) groups is 4. The van der Waals surface area contributed by atoms with Crippen molar-refractivity contribution in [3.05, 3.63) is 117 Å². The number of hydrogen-bond acceptors (Lipinski definition) is 11. The molecule has 0 aromatic heterocycles.